The van der Waals surface area contributed by atoms with E-state index < -0.39 is 7.12 Å². The molecule has 0 aliphatic heterocycles. The molecule has 0 aliphatic carbocycles. The predicted octanol–water partition coefficient (Wildman–Crippen LogP) is 1.28. The summed E-state index contributed by atoms with van der Waals surface area (Å²) >= 11 is 0. The topological polar surface area (TPSA) is 58.3 Å². The Morgan fingerprint density at radius 1 is 1.39 bits per heavy atom. The van der Waals surface area contributed by atoms with Gasteiger partial charge in [0.2, 0.25) is 0 Å². The van der Waals surface area contributed by atoms with E-state index in [-0.39, 0.29) is 0 Å². The van der Waals surface area contributed by atoms with Gasteiger partial charge in [-0.1, -0.05) is 30.9 Å². The van der Waals surface area contributed by atoms with Gasteiger partial charge in [-0.25, -0.2) is 0 Å². The maximum absolute atomic E-state index is 8.85. The lowest BCUT2D eigenvalue weighted by Gasteiger charge is -2.00. The molecule has 1 heterocycles. The van der Waals surface area contributed by atoms with Gasteiger partial charge in [-0.15, -0.1) is 0 Å². The van der Waals surface area contributed by atoms with E-state index in [2.05, 4.69) is 11.7 Å². The van der Waals surface area contributed by atoms with E-state index in [1.54, 1.807) is 17.0 Å². The highest BCUT2D eigenvalue weighted by atomic mass is 16.4. The summed E-state index contributed by atoms with van der Waals surface area (Å²) < 4.78 is 1.63. The summed E-state index contributed by atoms with van der Waals surface area (Å²) in [5, 5.41) is 21.7. The molecule has 5 heteroatoms. The number of aromatic nitrogens is 2. The zero-order chi connectivity index (χ0) is 14.0. The minimum Gasteiger partial charge on any atom is -0.423 e. The quantitative estimate of drug-likeness (QED) is 0.479. The molecule has 0 fully saturated rings. The van der Waals surface area contributed by atoms with Crippen molar-refractivity contribution in [2.24, 2.45) is 0 Å². The molecular formula is C13H21BN2O2. The van der Waals surface area contributed by atoms with Crippen molar-refractivity contribution in [1.82, 2.24) is 9.78 Å². The van der Waals surface area contributed by atoms with Crippen molar-refractivity contribution < 1.29 is 10.0 Å². The smallest absolute Gasteiger partial charge is 0.423 e. The first-order valence-corrected chi connectivity index (χ1v) is 5.82. The summed E-state index contributed by atoms with van der Waals surface area (Å²) in [7, 11) is -1.46. The van der Waals surface area contributed by atoms with Gasteiger partial charge >= 0.3 is 7.12 Å². The summed E-state index contributed by atoms with van der Waals surface area (Å²) in [6.45, 7) is 10.2. The van der Waals surface area contributed by atoms with E-state index >= 15 is 0 Å². The molecule has 0 bridgehead atoms. The largest absolute Gasteiger partial charge is 0.491 e. The van der Waals surface area contributed by atoms with Crippen LogP contribution in [0.25, 0.3) is 0 Å². The Morgan fingerprint density at radius 2 is 2.00 bits per heavy atom. The lowest BCUT2D eigenvalue weighted by Crippen LogP contribution is -2.28. The summed E-state index contributed by atoms with van der Waals surface area (Å²) in [5.41, 5.74) is 1.43. The minimum absolute atomic E-state index is 0.393. The third-order valence-electron chi connectivity index (χ3n) is 2.26. The summed E-state index contributed by atoms with van der Waals surface area (Å²) in [4.78, 5) is 0. The Kier molecular flexibility index (Phi) is 8.61. The first-order valence-electron chi connectivity index (χ1n) is 5.82. The molecule has 1 aromatic rings. The molecule has 0 amide bonds. The highest BCUT2D eigenvalue weighted by Gasteiger charge is 2.12. The molecule has 0 spiro atoms. The zero-order valence-electron chi connectivity index (χ0n) is 11.2. The summed E-state index contributed by atoms with van der Waals surface area (Å²) in [6, 6.07) is 0. The number of nitrogens with zero attached hydrogens (tertiary/aromatic N) is 2. The number of hydrogen-bond donors (Lipinski definition) is 2. The average Bonchev–Trinajstić information content (AvgIpc) is 2.85. The van der Waals surface area contributed by atoms with Crippen LogP contribution in [0.5, 0.6) is 0 Å². The standard InChI is InChI=1S/C9H13BN2O2.C4H8/c1-3-8(4-2)6-12-7-9(5-11-12)10(13)14;1-3-4-2/h3-5,7,13-14H,1,6H2,2H3;3-4H,1-2H3/b8-4+;4-3-. The van der Waals surface area contributed by atoms with Crippen LogP contribution < -0.4 is 5.46 Å². The van der Waals surface area contributed by atoms with Crippen LogP contribution in [0.15, 0.2) is 48.8 Å². The fourth-order valence-corrected chi connectivity index (χ4v) is 1.06. The van der Waals surface area contributed by atoms with Crippen LogP contribution in [0.1, 0.15) is 20.8 Å². The lowest BCUT2D eigenvalue weighted by atomic mass is 9.83. The molecule has 0 saturated heterocycles. The van der Waals surface area contributed by atoms with Gasteiger partial charge < -0.3 is 10.0 Å². The molecule has 18 heavy (non-hydrogen) atoms. The Bertz CT molecular complexity index is 405. The predicted molar refractivity (Wildman–Crippen MR) is 76.5 cm³/mol. The van der Waals surface area contributed by atoms with E-state index in [0.29, 0.717) is 12.0 Å². The zero-order valence-corrected chi connectivity index (χ0v) is 11.2. The van der Waals surface area contributed by atoms with Gasteiger partial charge in [0.1, 0.15) is 0 Å². The lowest BCUT2D eigenvalue weighted by molar-refractivity contribution is 0.425. The second-order valence-electron chi connectivity index (χ2n) is 3.58. The molecule has 0 aromatic carbocycles. The fraction of sp³-hybridized carbons (Fsp3) is 0.308. The van der Waals surface area contributed by atoms with Crippen molar-refractivity contribution in [3.05, 3.63) is 48.8 Å². The van der Waals surface area contributed by atoms with Crippen molar-refractivity contribution in [2.75, 3.05) is 0 Å². The number of rotatable bonds is 4. The SMILES string of the molecule is C/C=C\C.C=C/C(=C\C)Cn1cc(B(O)O)cn1. The van der Waals surface area contributed by atoms with Gasteiger partial charge in [0.05, 0.1) is 6.54 Å². The molecule has 98 valence electrons. The first kappa shape index (κ1) is 16.4. The van der Waals surface area contributed by atoms with Gasteiger partial charge in [0.25, 0.3) is 0 Å². The van der Waals surface area contributed by atoms with Crippen LogP contribution in [-0.4, -0.2) is 26.9 Å². The molecule has 0 saturated carbocycles. The maximum atomic E-state index is 8.85. The van der Waals surface area contributed by atoms with Crippen LogP contribution >= 0.6 is 0 Å². The third kappa shape index (κ3) is 6.22. The summed E-state index contributed by atoms with van der Waals surface area (Å²) in [5.74, 6) is 0. The van der Waals surface area contributed by atoms with Crippen molar-refractivity contribution in [2.45, 2.75) is 27.3 Å². The molecular weight excluding hydrogens is 227 g/mol. The molecule has 1 aromatic heterocycles. The van der Waals surface area contributed by atoms with Crippen molar-refractivity contribution in [1.29, 1.82) is 0 Å². The minimum atomic E-state index is -1.46. The second kappa shape index (κ2) is 9.45. The Morgan fingerprint density at radius 3 is 2.33 bits per heavy atom. The molecule has 0 radical (unpaired) electrons. The van der Waals surface area contributed by atoms with Crippen molar-refractivity contribution >= 4 is 12.6 Å². The fourth-order valence-electron chi connectivity index (χ4n) is 1.06. The van der Waals surface area contributed by atoms with E-state index in [1.165, 1.54) is 6.20 Å². The van der Waals surface area contributed by atoms with Crippen LogP contribution in [0, 0.1) is 0 Å². The van der Waals surface area contributed by atoms with Gasteiger partial charge in [-0.3, -0.25) is 4.68 Å². The normalized spacial score (nSPS) is 11.1. The van der Waals surface area contributed by atoms with E-state index in [0.717, 1.165) is 5.57 Å². The van der Waals surface area contributed by atoms with Crippen LogP contribution in [0.4, 0.5) is 0 Å². The van der Waals surface area contributed by atoms with Gasteiger partial charge in [-0.2, -0.15) is 5.10 Å². The second-order valence-corrected chi connectivity index (χ2v) is 3.58. The molecule has 4 nitrogen and oxygen atoms in total. The van der Waals surface area contributed by atoms with Gasteiger partial charge in [0.15, 0.2) is 0 Å². The maximum Gasteiger partial charge on any atom is 0.491 e. The van der Waals surface area contributed by atoms with E-state index in [4.69, 9.17) is 10.0 Å². The Balaban J connectivity index is 0.000000631. The molecule has 2 N–H and O–H groups in total. The molecule has 0 unspecified atom stereocenters. The number of allylic oxidation sites excluding steroid dienone is 5. The third-order valence-corrected chi connectivity index (χ3v) is 2.26. The molecule has 1 rings (SSSR count). The van der Waals surface area contributed by atoms with Crippen LogP contribution in [0.3, 0.4) is 0 Å². The van der Waals surface area contributed by atoms with E-state index in [1.807, 2.05) is 39.0 Å². The summed E-state index contributed by atoms with van der Waals surface area (Å²) in [6.07, 6.45) is 10.7. The monoisotopic (exact) mass is 248 g/mol. The van der Waals surface area contributed by atoms with Crippen molar-refractivity contribution in [3.63, 3.8) is 0 Å². The highest BCUT2D eigenvalue weighted by Crippen LogP contribution is 1.98. The first-order chi connectivity index (χ1) is 8.58. The molecule has 0 atom stereocenters. The highest BCUT2D eigenvalue weighted by molar-refractivity contribution is 6.58. The Hall–Kier alpha value is -1.59. The average molecular weight is 248 g/mol. The van der Waals surface area contributed by atoms with Gasteiger partial charge in [0, 0.05) is 17.9 Å². The molecule has 0 aliphatic rings. The van der Waals surface area contributed by atoms with Crippen LogP contribution in [0.2, 0.25) is 0 Å². The van der Waals surface area contributed by atoms with Gasteiger partial charge in [-0.05, 0) is 26.3 Å². The van der Waals surface area contributed by atoms with Crippen molar-refractivity contribution in [3.8, 4) is 0 Å². The van der Waals surface area contributed by atoms with E-state index in [9.17, 15) is 0 Å². The van der Waals surface area contributed by atoms with Crippen LogP contribution in [-0.2, 0) is 6.54 Å². The Labute approximate surface area is 109 Å². The number of hydrogen-bond acceptors (Lipinski definition) is 3.